The Morgan fingerprint density at radius 3 is 2.69 bits per heavy atom. The second-order valence-electron chi connectivity index (χ2n) is 3.71. The lowest BCUT2D eigenvalue weighted by molar-refractivity contribution is 0.0535. The molecule has 2 nitrogen and oxygen atoms in total. The summed E-state index contributed by atoms with van der Waals surface area (Å²) in [5.41, 5.74) is 4.63. The van der Waals surface area contributed by atoms with E-state index < -0.39 is 0 Å². The monoisotopic (exact) mass is 174 g/mol. The lowest BCUT2D eigenvalue weighted by Crippen LogP contribution is -1.95. The van der Waals surface area contributed by atoms with Crippen molar-refractivity contribution in [2.45, 2.75) is 25.9 Å². The molecule has 0 saturated carbocycles. The van der Waals surface area contributed by atoms with Crippen LogP contribution in [0.4, 0.5) is 0 Å². The summed E-state index contributed by atoms with van der Waals surface area (Å²) >= 11 is 0. The normalized spacial score (nSPS) is 18.3. The van der Waals surface area contributed by atoms with Crippen LogP contribution < -0.4 is 0 Å². The van der Waals surface area contributed by atoms with Gasteiger partial charge in [-0.25, -0.2) is 4.79 Å². The van der Waals surface area contributed by atoms with E-state index in [4.69, 9.17) is 4.74 Å². The van der Waals surface area contributed by atoms with E-state index in [9.17, 15) is 4.79 Å². The molecule has 1 heterocycles. The maximum absolute atomic E-state index is 11.2. The molecule has 0 saturated heterocycles. The molecule has 1 aliphatic heterocycles. The van der Waals surface area contributed by atoms with Gasteiger partial charge in [-0.3, -0.25) is 0 Å². The molecule has 1 aliphatic carbocycles. The van der Waals surface area contributed by atoms with Gasteiger partial charge in [0.15, 0.2) is 0 Å². The largest absolute Gasteiger partial charge is 0.457 e. The summed E-state index contributed by atoms with van der Waals surface area (Å²) in [6.45, 7) is 0.474. The highest BCUT2D eigenvalue weighted by molar-refractivity contribution is 5.93. The number of ether oxygens (including phenoxy) is 1. The first-order valence-corrected chi connectivity index (χ1v) is 4.66. The average molecular weight is 174 g/mol. The van der Waals surface area contributed by atoms with Gasteiger partial charge in [-0.05, 0) is 36.5 Å². The highest BCUT2D eigenvalue weighted by atomic mass is 16.5. The van der Waals surface area contributed by atoms with Crippen LogP contribution in [0.25, 0.3) is 0 Å². The van der Waals surface area contributed by atoms with Crippen LogP contribution in [0.1, 0.15) is 33.5 Å². The Labute approximate surface area is 76.5 Å². The molecule has 13 heavy (non-hydrogen) atoms. The van der Waals surface area contributed by atoms with Gasteiger partial charge in [0.05, 0.1) is 5.56 Å². The van der Waals surface area contributed by atoms with Crippen molar-refractivity contribution >= 4 is 5.97 Å². The van der Waals surface area contributed by atoms with Crippen molar-refractivity contribution in [3.8, 4) is 0 Å². The fourth-order valence-corrected chi connectivity index (χ4v) is 2.21. The van der Waals surface area contributed by atoms with Gasteiger partial charge >= 0.3 is 5.97 Å². The third-order valence-electron chi connectivity index (χ3n) is 2.90. The first kappa shape index (κ1) is 7.13. The van der Waals surface area contributed by atoms with Crippen LogP contribution in [0.5, 0.6) is 0 Å². The second kappa shape index (κ2) is 2.34. The summed E-state index contributed by atoms with van der Waals surface area (Å²) < 4.78 is 4.96. The molecule has 0 radical (unpaired) electrons. The fraction of sp³-hybridized carbons (Fsp3) is 0.364. The van der Waals surface area contributed by atoms with Gasteiger partial charge in [-0.1, -0.05) is 6.07 Å². The van der Waals surface area contributed by atoms with E-state index in [0.29, 0.717) is 6.61 Å². The molecule has 1 aromatic carbocycles. The average Bonchev–Trinajstić information content (AvgIpc) is 2.70. The molecule has 66 valence electrons. The number of carbonyl (C=O) groups is 1. The van der Waals surface area contributed by atoms with Crippen LogP contribution in [0, 0.1) is 0 Å². The molecular weight excluding hydrogens is 164 g/mol. The molecule has 3 rings (SSSR count). The maximum Gasteiger partial charge on any atom is 0.338 e. The zero-order chi connectivity index (χ0) is 8.84. The van der Waals surface area contributed by atoms with E-state index in [1.807, 2.05) is 6.07 Å². The molecule has 0 bridgehead atoms. The van der Waals surface area contributed by atoms with Crippen molar-refractivity contribution < 1.29 is 9.53 Å². The number of cyclic esters (lactones) is 1. The molecule has 0 spiro atoms. The van der Waals surface area contributed by atoms with Crippen molar-refractivity contribution in [2.75, 3.05) is 0 Å². The topological polar surface area (TPSA) is 26.3 Å². The number of rotatable bonds is 0. The Hall–Kier alpha value is -1.31. The number of fused-ring (bicyclic) bond motifs is 2. The minimum atomic E-state index is -0.148. The van der Waals surface area contributed by atoms with Crippen LogP contribution >= 0.6 is 0 Å². The van der Waals surface area contributed by atoms with Gasteiger partial charge in [0.2, 0.25) is 0 Å². The van der Waals surface area contributed by atoms with Crippen LogP contribution in [0.2, 0.25) is 0 Å². The third kappa shape index (κ3) is 0.916. The summed E-state index contributed by atoms with van der Waals surface area (Å²) in [5, 5.41) is 0. The van der Waals surface area contributed by atoms with Crippen LogP contribution in [0.3, 0.4) is 0 Å². The Balaban J connectivity index is 2.22. The van der Waals surface area contributed by atoms with Crippen molar-refractivity contribution in [3.63, 3.8) is 0 Å². The lowest BCUT2D eigenvalue weighted by atomic mass is 10.0. The highest BCUT2D eigenvalue weighted by Crippen LogP contribution is 2.29. The fourth-order valence-electron chi connectivity index (χ4n) is 2.21. The SMILES string of the molecule is O=C1OCc2cc3c(cc21)CCC3. The Kier molecular flexibility index (Phi) is 1.29. The molecule has 0 atom stereocenters. The minimum Gasteiger partial charge on any atom is -0.457 e. The van der Waals surface area contributed by atoms with E-state index in [1.54, 1.807) is 0 Å². The van der Waals surface area contributed by atoms with Crippen molar-refractivity contribution in [3.05, 3.63) is 34.4 Å². The molecular formula is C11H10O2. The van der Waals surface area contributed by atoms with Crippen LogP contribution in [-0.4, -0.2) is 5.97 Å². The molecule has 2 heteroatoms. The van der Waals surface area contributed by atoms with E-state index in [1.165, 1.54) is 17.5 Å². The van der Waals surface area contributed by atoms with E-state index in [-0.39, 0.29) is 5.97 Å². The summed E-state index contributed by atoms with van der Waals surface area (Å²) in [6, 6.07) is 4.16. The van der Waals surface area contributed by atoms with Crippen molar-refractivity contribution in [2.24, 2.45) is 0 Å². The summed E-state index contributed by atoms with van der Waals surface area (Å²) in [5.74, 6) is -0.148. The van der Waals surface area contributed by atoms with Gasteiger partial charge in [-0.15, -0.1) is 0 Å². The number of esters is 1. The first-order valence-electron chi connectivity index (χ1n) is 4.66. The van der Waals surface area contributed by atoms with E-state index >= 15 is 0 Å². The second-order valence-corrected chi connectivity index (χ2v) is 3.71. The molecule has 0 aromatic heterocycles. The number of hydrogen-bond acceptors (Lipinski definition) is 2. The van der Waals surface area contributed by atoms with E-state index in [2.05, 4.69) is 6.07 Å². The Bertz CT molecular complexity index is 393. The summed E-state index contributed by atoms with van der Waals surface area (Å²) in [7, 11) is 0. The summed E-state index contributed by atoms with van der Waals surface area (Å²) in [4.78, 5) is 11.2. The number of carbonyl (C=O) groups excluding carboxylic acids is 1. The maximum atomic E-state index is 11.2. The van der Waals surface area contributed by atoms with Crippen molar-refractivity contribution in [1.29, 1.82) is 0 Å². The van der Waals surface area contributed by atoms with Gasteiger partial charge in [-0.2, -0.15) is 0 Å². The molecule has 0 amide bonds. The van der Waals surface area contributed by atoms with Gasteiger partial charge in [0.25, 0.3) is 0 Å². The molecule has 0 fully saturated rings. The summed E-state index contributed by atoms with van der Waals surface area (Å²) in [6.07, 6.45) is 3.51. The number of benzene rings is 1. The number of hydrogen-bond donors (Lipinski definition) is 0. The lowest BCUT2D eigenvalue weighted by Gasteiger charge is -2.00. The quantitative estimate of drug-likeness (QED) is 0.561. The molecule has 2 aliphatic rings. The standard InChI is InChI=1S/C11H10O2/c12-11-10-5-8-3-1-2-7(8)4-9(10)6-13-11/h4-5H,1-3,6H2. The van der Waals surface area contributed by atoms with Crippen molar-refractivity contribution in [1.82, 2.24) is 0 Å². The van der Waals surface area contributed by atoms with Crippen LogP contribution in [0.15, 0.2) is 12.1 Å². The first-order chi connectivity index (χ1) is 6.34. The Morgan fingerprint density at radius 1 is 1.08 bits per heavy atom. The smallest absolute Gasteiger partial charge is 0.338 e. The zero-order valence-corrected chi connectivity index (χ0v) is 7.30. The van der Waals surface area contributed by atoms with Gasteiger partial charge in [0, 0.05) is 5.56 Å². The predicted molar refractivity (Wildman–Crippen MR) is 47.6 cm³/mol. The Morgan fingerprint density at radius 2 is 1.85 bits per heavy atom. The zero-order valence-electron chi connectivity index (χ0n) is 7.30. The van der Waals surface area contributed by atoms with Gasteiger partial charge in [0.1, 0.15) is 6.61 Å². The molecule has 0 unspecified atom stereocenters. The third-order valence-corrected chi connectivity index (χ3v) is 2.90. The van der Waals surface area contributed by atoms with E-state index in [0.717, 1.165) is 24.0 Å². The predicted octanol–water partition coefficient (Wildman–Crippen LogP) is 1.85. The van der Waals surface area contributed by atoms with Crippen LogP contribution in [-0.2, 0) is 24.2 Å². The highest BCUT2D eigenvalue weighted by Gasteiger charge is 2.24. The molecule has 1 aromatic rings. The number of aryl methyl sites for hydroxylation is 2. The minimum absolute atomic E-state index is 0.148. The molecule has 0 N–H and O–H groups in total. The van der Waals surface area contributed by atoms with Gasteiger partial charge < -0.3 is 4.74 Å².